The van der Waals surface area contributed by atoms with Gasteiger partial charge in [0.15, 0.2) is 5.75 Å². The van der Waals surface area contributed by atoms with Crippen molar-refractivity contribution in [2.45, 2.75) is 43.7 Å². The SMILES string of the molecule is N#Cc1cc(Oc2ccc(OCC34CC(N)(C3)C4)cc2)cc(Cl)c1OC1CC1. The maximum atomic E-state index is 9.40. The van der Waals surface area contributed by atoms with Crippen LogP contribution >= 0.6 is 11.6 Å². The average Bonchev–Trinajstić information content (AvgIpc) is 3.44. The molecule has 0 heterocycles. The Balaban J connectivity index is 1.23. The predicted octanol–water partition coefficient (Wildman–Crippen LogP) is 4.81. The van der Waals surface area contributed by atoms with Gasteiger partial charge in [0, 0.05) is 23.1 Å². The molecule has 6 rings (SSSR count). The highest BCUT2D eigenvalue weighted by Gasteiger charge is 2.66. The molecule has 0 spiro atoms. The van der Waals surface area contributed by atoms with Crippen LogP contribution in [0.3, 0.4) is 0 Å². The maximum Gasteiger partial charge on any atom is 0.156 e. The number of halogens is 1. The van der Waals surface area contributed by atoms with Crippen molar-refractivity contribution < 1.29 is 14.2 Å². The van der Waals surface area contributed by atoms with E-state index < -0.39 is 0 Å². The lowest BCUT2D eigenvalue weighted by Crippen LogP contribution is -2.73. The minimum atomic E-state index is 0.101. The van der Waals surface area contributed by atoms with Crippen LogP contribution in [0.25, 0.3) is 0 Å². The van der Waals surface area contributed by atoms with Gasteiger partial charge in [0.25, 0.3) is 0 Å². The Bertz CT molecular complexity index is 943. The topological polar surface area (TPSA) is 77.5 Å². The van der Waals surface area contributed by atoms with E-state index in [0.717, 1.165) is 44.5 Å². The first kappa shape index (κ1) is 17.7. The molecule has 2 N–H and O–H groups in total. The smallest absolute Gasteiger partial charge is 0.156 e. The van der Waals surface area contributed by atoms with Gasteiger partial charge in [0.2, 0.25) is 0 Å². The highest BCUT2D eigenvalue weighted by Crippen LogP contribution is 2.65. The van der Waals surface area contributed by atoms with E-state index >= 15 is 0 Å². The van der Waals surface area contributed by atoms with Crippen LogP contribution < -0.4 is 19.9 Å². The molecule has 2 aromatic rings. The lowest BCUT2D eigenvalue weighted by Gasteiger charge is -2.68. The second-order valence-electron chi connectivity index (χ2n) is 8.47. The molecule has 4 aliphatic rings. The summed E-state index contributed by atoms with van der Waals surface area (Å²) in [7, 11) is 0. The summed E-state index contributed by atoms with van der Waals surface area (Å²) in [6, 6.07) is 12.9. The number of benzene rings is 2. The number of hydrogen-bond donors (Lipinski definition) is 1. The van der Waals surface area contributed by atoms with Crippen molar-refractivity contribution >= 4 is 11.6 Å². The van der Waals surface area contributed by atoms with Crippen molar-refractivity contribution in [1.82, 2.24) is 0 Å². The highest BCUT2D eigenvalue weighted by atomic mass is 35.5. The van der Waals surface area contributed by atoms with Gasteiger partial charge >= 0.3 is 0 Å². The third-order valence-electron chi connectivity index (χ3n) is 5.73. The molecule has 2 aromatic carbocycles. The first-order valence-electron chi connectivity index (χ1n) is 9.56. The summed E-state index contributed by atoms with van der Waals surface area (Å²) in [5, 5.41) is 9.79. The minimum absolute atomic E-state index is 0.101. The van der Waals surface area contributed by atoms with Crippen molar-refractivity contribution in [3.05, 3.63) is 47.0 Å². The highest BCUT2D eigenvalue weighted by molar-refractivity contribution is 6.32. The van der Waals surface area contributed by atoms with Crippen LogP contribution in [0, 0.1) is 16.7 Å². The zero-order valence-electron chi connectivity index (χ0n) is 15.4. The normalized spacial score (nSPS) is 27.2. The molecule has 6 heteroatoms. The van der Waals surface area contributed by atoms with Gasteiger partial charge in [0.1, 0.15) is 23.3 Å². The van der Waals surface area contributed by atoms with Crippen molar-refractivity contribution in [2.24, 2.45) is 11.1 Å². The molecule has 0 aromatic heterocycles. The summed E-state index contributed by atoms with van der Waals surface area (Å²) in [4.78, 5) is 0. The first-order chi connectivity index (χ1) is 13.5. The molecular formula is C22H21ClN2O3. The van der Waals surface area contributed by atoms with Gasteiger partial charge in [-0.2, -0.15) is 5.26 Å². The predicted molar refractivity (Wildman–Crippen MR) is 105 cm³/mol. The van der Waals surface area contributed by atoms with Crippen molar-refractivity contribution in [2.75, 3.05) is 6.61 Å². The zero-order valence-corrected chi connectivity index (χ0v) is 16.2. The summed E-state index contributed by atoms with van der Waals surface area (Å²) in [6.45, 7) is 0.718. The fourth-order valence-electron chi connectivity index (χ4n) is 4.40. The van der Waals surface area contributed by atoms with E-state index in [1.807, 2.05) is 24.3 Å². The van der Waals surface area contributed by atoms with Crippen molar-refractivity contribution in [1.29, 1.82) is 5.26 Å². The van der Waals surface area contributed by atoms with Crippen LogP contribution in [0.5, 0.6) is 23.0 Å². The maximum absolute atomic E-state index is 9.40. The van der Waals surface area contributed by atoms with Crippen molar-refractivity contribution in [3.63, 3.8) is 0 Å². The van der Waals surface area contributed by atoms with E-state index in [1.54, 1.807) is 12.1 Å². The largest absolute Gasteiger partial charge is 0.493 e. The molecule has 4 fully saturated rings. The van der Waals surface area contributed by atoms with E-state index in [9.17, 15) is 5.26 Å². The Kier molecular flexibility index (Phi) is 3.97. The zero-order chi connectivity index (χ0) is 19.4. The van der Waals surface area contributed by atoms with Crippen LogP contribution in [0.1, 0.15) is 37.7 Å². The Hall–Kier alpha value is -2.42. The number of rotatable bonds is 7. The first-order valence-corrected chi connectivity index (χ1v) is 9.94. The standard InChI is InChI=1S/C22H21ClN2O3/c23-19-8-18(7-14(9-24)20(19)28-17-5-6-17)27-16-3-1-15(2-4-16)26-13-21-10-22(25,11-21)12-21/h1-4,7-8,17H,5-6,10-13,25H2. The third-order valence-corrected chi connectivity index (χ3v) is 6.01. The van der Waals surface area contributed by atoms with Crippen LogP contribution in [0.4, 0.5) is 0 Å². The van der Waals surface area contributed by atoms with Gasteiger partial charge in [-0.25, -0.2) is 0 Å². The number of ether oxygens (including phenoxy) is 3. The molecule has 5 nitrogen and oxygen atoms in total. The van der Waals surface area contributed by atoms with Gasteiger partial charge in [-0.05, 0) is 56.4 Å². The molecule has 2 bridgehead atoms. The monoisotopic (exact) mass is 396 g/mol. The van der Waals surface area contributed by atoms with E-state index in [2.05, 4.69) is 6.07 Å². The molecule has 4 aliphatic carbocycles. The van der Waals surface area contributed by atoms with Gasteiger partial charge in [-0.1, -0.05) is 11.6 Å². The summed E-state index contributed by atoms with van der Waals surface area (Å²) in [6.07, 6.45) is 5.39. The summed E-state index contributed by atoms with van der Waals surface area (Å²) in [5.41, 5.74) is 6.88. The van der Waals surface area contributed by atoms with Crippen LogP contribution in [-0.4, -0.2) is 18.2 Å². The van der Waals surface area contributed by atoms with Gasteiger partial charge in [-0.15, -0.1) is 0 Å². The quantitative estimate of drug-likeness (QED) is 0.726. The van der Waals surface area contributed by atoms with Gasteiger partial charge < -0.3 is 19.9 Å². The van der Waals surface area contributed by atoms with E-state index in [1.165, 1.54) is 0 Å². The summed E-state index contributed by atoms with van der Waals surface area (Å²) < 4.78 is 17.5. The lowest BCUT2D eigenvalue weighted by atomic mass is 9.40. The molecule has 4 saturated carbocycles. The Morgan fingerprint density at radius 2 is 1.75 bits per heavy atom. The van der Waals surface area contributed by atoms with E-state index in [-0.39, 0.29) is 11.6 Å². The number of nitrogens with two attached hydrogens (primary N) is 1. The molecular weight excluding hydrogens is 376 g/mol. The van der Waals surface area contributed by atoms with Crippen LogP contribution in [0.2, 0.25) is 5.02 Å². The second-order valence-corrected chi connectivity index (χ2v) is 8.87. The molecule has 0 radical (unpaired) electrons. The molecule has 144 valence electrons. The average molecular weight is 397 g/mol. The third kappa shape index (κ3) is 3.28. The number of hydrogen-bond acceptors (Lipinski definition) is 5. The van der Waals surface area contributed by atoms with Gasteiger partial charge in [-0.3, -0.25) is 0 Å². The summed E-state index contributed by atoms with van der Waals surface area (Å²) >= 11 is 6.31. The lowest BCUT2D eigenvalue weighted by molar-refractivity contribution is -0.153. The van der Waals surface area contributed by atoms with Crippen LogP contribution in [-0.2, 0) is 0 Å². The summed E-state index contributed by atoms with van der Waals surface area (Å²) in [5.74, 6) is 2.40. The Labute approximate surface area is 168 Å². The number of nitriles is 1. The molecule has 0 unspecified atom stereocenters. The van der Waals surface area contributed by atoms with E-state index in [0.29, 0.717) is 33.2 Å². The van der Waals surface area contributed by atoms with Gasteiger partial charge in [0.05, 0.1) is 23.3 Å². The molecule has 28 heavy (non-hydrogen) atoms. The molecule has 0 aliphatic heterocycles. The Morgan fingerprint density at radius 1 is 1.07 bits per heavy atom. The van der Waals surface area contributed by atoms with E-state index in [4.69, 9.17) is 31.5 Å². The molecule has 0 amide bonds. The van der Waals surface area contributed by atoms with Crippen LogP contribution in [0.15, 0.2) is 36.4 Å². The fourth-order valence-corrected chi connectivity index (χ4v) is 4.65. The minimum Gasteiger partial charge on any atom is -0.493 e. The fraction of sp³-hybridized carbons (Fsp3) is 0.409. The number of nitrogens with zero attached hydrogens (tertiary/aromatic N) is 1. The second kappa shape index (κ2) is 6.30. The Morgan fingerprint density at radius 3 is 2.36 bits per heavy atom. The van der Waals surface area contributed by atoms with Crippen molar-refractivity contribution in [3.8, 4) is 29.1 Å². The molecule has 0 saturated heterocycles. The molecule has 0 atom stereocenters.